The number of anilines is 1. The number of nitrogens with one attached hydrogen (secondary N) is 2. The number of carbonyl (C=O) groups excluding carboxylic acids is 4. The molecule has 2 N–H and O–H groups in total. The van der Waals surface area contributed by atoms with Gasteiger partial charge in [0.05, 0.1) is 12.2 Å². The lowest BCUT2D eigenvalue weighted by Gasteiger charge is -2.22. The van der Waals surface area contributed by atoms with E-state index in [1.165, 1.54) is 11.3 Å². The van der Waals surface area contributed by atoms with Crippen molar-refractivity contribution in [1.82, 2.24) is 10.2 Å². The average molecular weight is 488 g/mol. The third-order valence-corrected chi connectivity index (χ3v) is 6.88. The Morgan fingerprint density at radius 3 is 2.68 bits per heavy atom. The first-order valence-electron chi connectivity index (χ1n) is 10.8. The second kappa shape index (κ2) is 8.98. The van der Waals surface area contributed by atoms with E-state index in [2.05, 4.69) is 10.6 Å². The van der Waals surface area contributed by atoms with Gasteiger partial charge in [-0.3, -0.25) is 14.5 Å². The maximum Gasteiger partial charge on any atom is 0.341 e. The highest BCUT2D eigenvalue weighted by Crippen LogP contribution is 2.38. The van der Waals surface area contributed by atoms with Crippen molar-refractivity contribution in [3.63, 3.8) is 0 Å². The highest BCUT2D eigenvalue weighted by atomic mass is 32.1. The summed E-state index contributed by atoms with van der Waals surface area (Å²) in [5, 5.41) is 5.68. The van der Waals surface area contributed by atoms with E-state index in [0.717, 1.165) is 15.3 Å². The molecule has 0 aliphatic carbocycles. The second-order valence-electron chi connectivity index (χ2n) is 7.98. The molecule has 1 atom stereocenters. The van der Waals surface area contributed by atoms with Gasteiger partial charge in [0.1, 0.15) is 17.1 Å². The molecule has 1 aromatic carbocycles. The van der Waals surface area contributed by atoms with Gasteiger partial charge in [-0.1, -0.05) is 13.0 Å². The number of benzene rings is 1. The number of fused-ring (bicyclic) bond motifs is 1. The van der Waals surface area contributed by atoms with Crippen LogP contribution in [0.5, 0.6) is 11.5 Å². The number of ether oxygens (including phenoxy) is 3. The Labute approximate surface area is 200 Å². The lowest BCUT2D eigenvalue weighted by atomic mass is 9.91. The minimum atomic E-state index is -1.37. The number of urea groups is 1. The first-order valence-corrected chi connectivity index (χ1v) is 11.6. The smallest absolute Gasteiger partial charge is 0.341 e. The highest BCUT2D eigenvalue weighted by molar-refractivity contribution is 7.16. The van der Waals surface area contributed by atoms with Gasteiger partial charge in [-0.25, -0.2) is 9.59 Å². The quantitative estimate of drug-likeness (QED) is 0.455. The Morgan fingerprint density at radius 1 is 1.24 bits per heavy atom. The monoisotopic (exact) mass is 487 g/mol. The number of rotatable bonds is 7. The first kappa shape index (κ1) is 23.6. The zero-order valence-electron chi connectivity index (χ0n) is 19.3. The van der Waals surface area contributed by atoms with Crippen LogP contribution in [0, 0.1) is 6.92 Å². The molecular weight excluding hydrogens is 462 g/mol. The lowest BCUT2D eigenvalue weighted by molar-refractivity contribution is -0.133. The number of nitrogens with zero attached hydrogens (tertiary/aromatic N) is 1. The molecule has 4 rings (SSSR count). The molecular formula is C23H25N3O7S. The molecule has 1 fully saturated rings. The molecule has 4 amide bonds. The summed E-state index contributed by atoms with van der Waals surface area (Å²) in [5.74, 6) is -0.676. The minimum absolute atomic E-state index is 0.0812. The van der Waals surface area contributed by atoms with Crippen molar-refractivity contribution in [3.8, 4) is 11.5 Å². The Bertz CT molecular complexity index is 1190. The zero-order chi connectivity index (χ0) is 24.6. The van der Waals surface area contributed by atoms with E-state index < -0.39 is 35.9 Å². The lowest BCUT2D eigenvalue weighted by Crippen LogP contribution is -2.42. The van der Waals surface area contributed by atoms with Crippen LogP contribution in [0.25, 0.3) is 0 Å². The fraction of sp³-hybridized carbons (Fsp3) is 0.391. The van der Waals surface area contributed by atoms with Crippen LogP contribution >= 0.6 is 11.3 Å². The zero-order valence-corrected chi connectivity index (χ0v) is 20.1. The molecule has 0 saturated carbocycles. The Morgan fingerprint density at radius 2 is 1.97 bits per heavy atom. The van der Waals surface area contributed by atoms with Crippen molar-refractivity contribution >= 4 is 40.2 Å². The molecule has 10 nitrogen and oxygen atoms in total. The second-order valence-corrected chi connectivity index (χ2v) is 9.20. The molecule has 1 saturated heterocycles. The number of amides is 4. The molecule has 11 heteroatoms. The topological polar surface area (TPSA) is 123 Å². The van der Waals surface area contributed by atoms with Gasteiger partial charge in [0.15, 0.2) is 11.5 Å². The van der Waals surface area contributed by atoms with E-state index in [-0.39, 0.29) is 13.4 Å². The van der Waals surface area contributed by atoms with E-state index in [0.29, 0.717) is 34.0 Å². The van der Waals surface area contributed by atoms with Crippen molar-refractivity contribution in [1.29, 1.82) is 0 Å². The Kier molecular flexibility index (Phi) is 6.22. The highest BCUT2D eigenvalue weighted by Gasteiger charge is 2.50. The Hall–Kier alpha value is -3.60. The molecule has 3 heterocycles. The molecule has 2 aromatic rings. The third-order valence-electron chi connectivity index (χ3n) is 5.82. The van der Waals surface area contributed by atoms with Gasteiger partial charge in [-0.15, -0.1) is 11.3 Å². The first-order chi connectivity index (χ1) is 16.2. The van der Waals surface area contributed by atoms with Crippen molar-refractivity contribution < 1.29 is 33.4 Å². The maximum absolute atomic E-state index is 13.2. The van der Waals surface area contributed by atoms with Gasteiger partial charge in [-0.05, 0) is 50.5 Å². The normalized spacial score (nSPS) is 18.8. The fourth-order valence-corrected chi connectivity index (χ4v) is 5.21. The number of esters is 1. The van der Waals surface area contributed by atoms with E-state index in [1.807, 2.05) is 13.8 Å². The fourth-order valence-electron chi connectivity index (χ4n) is 4.07. The predicted molar refractivity (Wildman–Crippen MR) is 123 cm³/mol. The summed E-state index contributed by atoms with van der Waals surface area (Å²) in [6, 6.07) is 4.28. The van der Waals surface area contributed by atoms with Crippen molar-refractivity contribution in [3.05, 3.63) is 39.8 Å². The third kappa shape index (κ3) is 3.96. The molecule has 0 unspecified atom stereocenters. The summed E-state index contributed by atoms with van der Waals surface area (Å²) >= 11 is 1.25. The molecule has 2 aliphatic heterocycles. The molecule has 0 radical (unpaired) electrons. The number of hydrogen-bond donors (Lipinski definition) is 2. The SMILES string of the molecule is CCOC(=O)c1c(NC(=O)CN2C(=O)N[C@](C)(c3ccc4c(c3)OCO4)C2=O)sc(C)c1CC. The number of aryl methyl sites for hydroxylation is 1. The van der Waals surface area contributed by atoms with Gasteiger partial charge >= 0.3 is 12.0 Å². The number of imide groups is 1. The largest absolute Gasteiger partial charge is 0.462 e. The van der Waals surface area contributed by atoms with Crippen LogP contribution in [0.4, 0.5) is 9.80 Å². The van der Waals surface area contributed by atoms with E-state index in [4.69, 9.17) is 14.2 Å². The molecule has 0 bridgehead atoms. The van der Waals surface area contributed by atoms with Crippen molar-refractivity contribution in [2.75, 3.05) is 25.3 Å². The van der Waals surface area contributed by atoms with E-state index >= 15 is 0 Å². The van der Waals surface area contributed by atoms with E-state index in [1.54, 1.807) is 32.0 Å². The van der Waals surface area contributed by atoms with Gasteiger partial charge in [0.25, 0.3) is 5.91 Å². The van der Waals surface area contributed by atoms with Crippen LogP contribution in [-0.4, -0.2) is 48.7 Å². The molecule has 180 valence electrons. The average Bonchev–Trinajstić information content (AvgIpc) is 3.44. The van der Waals surface area contributed by atoms with E-state index in [9.17, 15) is 19.2 Å². The summed E-state index contributed by atoms with van der Waals surface area (Å²) in [5.41, 5.74) is 0.236. The van der Waals surface area contributed by atoms with Crippen LogP contribution in [0.2, 0.25) is 0 Å². The number of thiophene rings is 1. The minimum Gasteiger partial charge on any atom is -0.462 e. The predicted octanol–water partition coefficient (Wildman–Crippen LogP) is 2.93. The molecule has 2 aliphatic rings. The summed E-state index contributed by atoms with van der Waals surface area (Å²) in [7, 11) is 0. The van der Waals surface area contributed by atoms with Crippen molar-refractivity contribution in [2.24, 2.45) is 0 Å². The van der Waals surface area contributed by atoms with Crippen LogP contribution in [0.1, 0.15) is 47.1 Å². The van der Waals surface area contributed by atoms with Crippen molar-refractivity contribution in [2.45, 2.75) is 39.7 Å². The van der Waals surface area contributed by atoms with Gasteiger partial charge in [0, 0.05) is 4.88 Å². The van der Waals surface area contributed by atoms with Crippen LogP contribution < -0.4 is 20.1 Å². The van der Waals surface area contributed by atoms with Crippen LogP contribution in [-0.2, 0) is 26.3 Å². The number of hydrogen-bond acceptors (Lipinski definition) is 8. The van der Waals surface area contributed by atoms with Crippen LogP contribution in [0.15, 0.2) is 18.2 Å². The molecule has 0 spiro atoms. The summed E-state index contributed by atoms with van der Waals surface area (Å²) in [6.07, 6.45) is 0.591. The maximum atomic E-state index is 13.2. The molecule has 1 aromatic heterocycles. The summed E-state index contributed by atoms with van der Waals surface area (Å²) in [4.78, 5) is 52.9. The van der Waals surface area contributed by atoms with Gasteiger partial charge < -0.3 is 24.8 Å². The van der Waals surface area contributed by atoms with Gasteiger partial charge in [0.2, 0.25) is 12.7 Å². The number of carbonyl (C=O) groups is 4. The Balaban J connectivity index is 1.53. The van der Waals surface area contributed by atoms with Crippen LogP contribution in [0.3, 0.4) is 0 Å². The van der Waals surface area contributed by atoms with Gasteiger partial charge in [-0.2, -0.15) is 0 Å². The standard InChI is InChI=1S/C23H25N3O7S/c1-5-14-12(3)34-19(18(14)20(28)31-6-2)24-17(27)10-26-21(29)23(4,25-22(26)30)13-7-8-15-16(9-13)33-11-32-15/h7-9H,5-6,10-11H2,1-4H3,(H,24,27)(H,25,30)/t23-/m1/s1. The summed E-state index contributed by atoms with van der Waals surface area (Å²) < 4.78 is 15.8. The molecule has 34 heavy (non-hydrogen) atoms. The summed E-state index contributed by atoms with van der Waals surface area (Å²) in [6.45, 7) is 6.81.